The van der Waals surface area contributed by atoms with Gasteiger partial charge in [0.05, 0.1) is 11.6 Å². The first kappa shape index (κ1) is 11.2. The summed E-state index contributed by atoms with van der Waals surface area (Å²) < 4.78 is 0. The molecule has 0 aliphatic rings. The van der Waals surface area contributed by atoms with Crippen molar-refractivity contribution in [2.24, 2.45) is 5.92 Å². The number of aldehydes is 1. The fourth-order valence-electron chi connectivity index (χ4n) is 1.40. The molecule has 0 saturated carbocycles. The maximum absolute atomic E-state index is 10.9. The number of rotatable bonds is 3. The van der Waals surface area contributed by atoms with Gasteiger partial charge in [-0.25, -0.2) is 0 Å². The van der Waals surface area contributed by atoms with Crippen LogP contribution in [0.4, 0.5) is 0 Å². The van der Waals surface area contributed by atoms with E-state index in [1.165, 1.54) is 0 Å². The van der Waals surface area contributed by atoms with E-state index in [4.69, 9.17) is 11.6 Å². The Morgan fingerprint density at radius 3 is 2.64 bits per heavy atom. The first-order valence-electron chi connectivity index (χ1n) is 4.64. The van der Waals surface area contributed by atoms with Gasteiger partial charge in [0.1, 0.15) is 6.29 Å². The van der Waals surface area contributed by atoms with Crippen LogP contribution < -0.4 is 0 Å². The summed E-state index contributed by atoms with van der Waals surface area (Å²) in [7, 11) is 0. The highest BCUT2D eigenvalue weighted by molar-refractivity contribution is 6.31. The molecule has 0 radical (unpaired) electrons. The second kappa shape index (κ2) is 4.56. The zero-order chi connectivity index (χ0) is 10.7. The van der Waals surface area contributed by atoms with Gasteiger partial charge in [-0.1, -0.05) is 25.4 Å². The van der Waals surface area contributed by atoms with Gasteiger partial charge in [0.15, 0.2) is 0 Å². The average molecular weight is 212 g/mol. The molecule has 1 atom stereocenters. The monoisotopic (exact) mass is 211 g/mol. The van der Waals surface area contributed by atoms with E-state index in [1.54, 1.807) is 12.3 Å². The Kier molecular flexibility index (Phi) is 3.64. The number of halogens is 1. The molecule has 0 fully saturated rings. The van der Waals surface area contributed by atoms with Crippen molar-refractivity contribution in [1.82, 2.24) is 4.98 Å². The van der Waals surface area contributed by atoms with Crippen LogP contribution in [0.3, 0.4) is 0 Å². The third-order valence-corrected chi connectivity index (χ3v) is 2.77. The van der Waals surface area contributed by atoms with Crippen molar-refractivity contribution in [2.45, 2.75) is 26.7 Å². The van der Waals surface area contributed by atoms with Gasteiger partial charge < -0.3 is 4.79 Å². The number of hydrogen-bond donors (Lipinski definition) is 0. The van der Waals surface area contributed by atoms with Crippen LogP contribution in [0.1, 0.15) is 31.0 Å². The predicted octanol–water partition coefficient (Wildman–Crippen LogP) is 2.98. The van der Waals surface area contributed by atoms with Crippen LogP contribution in [0, 0.1) is 12.8 Å². The minimum Gasteiger partial charge on any atom is -0.303 e. The van der Waals surface area contributed by atoms with Gasteiger partial charge in [0.2, 0.25) is 0 Å². The highest BCUT2D eigenvalue weighted by Crippen LogP contribution is 2.26. The quantitative estimate of drug-likeness (QED) is 0.720. The summed E-state index contributed by atoms with van der Waals surface area (Å²) >= 11 is 5.96. The molecule has 0 aliphatic carbocycles. The molecule has 0 aliphatic heterocycles. The van der Waals surface area contributed by atoms with Gasteiger partial charge in [-0.05, 0) is 24.5 Å². The van der Waals surface area contributed by atoms with Crippen LogP contribution in [0.2, 0.25) is 5.02 Å². The van der Waals surface area contributed by atoms with Crippen molar-refractivity contribution in [2.75, 3.05) is 0 Å². The van der Waals surface area contributed by atoms with Crippen LogP contribution in [0.15, 0.2) is 12.3 Å². The van der Waals surface area contributed by atoms with E-state index in [9.17, 15) is 4.79 Å². The largest absolute Gasteiger partial charge is 0.303 e. The molecule has 1 unspecified atom stereocenters. The van der Waals surface area contributed by atoms with Crippen molar-refractivity contribution in [3.05, 3.63) is 28.5 Å². The van der Waals surface area contributed by atoms with Crippen LogP contribution in [-0.2, 0) is 4.79 Å². The summed E-state index contributed by atoms with van der Waals surface area (Å²) in [6.45, 7) is 5.89. The van der Waals surface area contributed by atoms with E-state index >= 15 is 0 Å². The molecule has 0 N–H and O–H groups in total. The molecule has 76 valence electrons. The van der Waals surface area contributed by atoms with Crippen LogP contribution in [0.25, 0.3) is 0 Å². The van der Waals surface area contributed by atoms with E-state index in [1.807, 2.05) is 20.8 Å². The molecule has 3 heteroatoms. The summed E-state index contributed by atoms with van der Waals surface area (Å²) in [6, 6.07) is 1.74. The highest BCUT2D eigenvalue weighted by atomic mass is 35.5. The molecule has 1 heterocycles. The molecule has 1 aromatic rings. The van der Waals surface area contributed by atoms with E-state index in [0.29, 0.717) is 5.02 Å². The molecule has 2 nitrogen and oxygen atoms in total. The molecule has 0 bridgehead atoms. The van der Waals surface area contributed by atoms with Crippen molar-refractivity contribution in [3.8, 4) is 0 Å². The van der Waals surface area contributed by atoms with Gasteiger partial charge in [0.25, 0.3) is 0 Å². The first-order chi connectivity index (χ1) is 6.57. The second-order valence-electron chi connectivity index (χ2n) is 3.71. The third kappa shape index (κ3) is 2.13. The number of carbonyl (C=O) groups is 1. The second-order valence-corrected chi connectivity index (χ2v) is 4.12. The van der Waals surface area contributed by atoms with Crippen LogP contribution in [-0.4, -0.2) is 11.3 Å². The topological polar surface area (TPSA) is 30.0 Å². The number of aromatic nitrogens is 1. The van der Waals surface area contributed by atoms with E-state index in [2.05, 4.69) is 4.98 Å². The zero-order valence-corrected chi connectivity index (χ0v) is 9.38. The normalized spacial score (nSPS) is 12.9. The Morgan fingerprint density at radius 2 is 2.14 bits per heavy atom. The van der Waals surface area contributed by atoms with Crippen molar-refractivity contribution in [3.63, 3.8) is 0 Å². The van der Waals surface area contributed by atoms with Crippen molar-refractivity contribution in [1.29, 1.82) is 0 Å². The van der Waals surface area contributed by atoms with Crippen molar-refractivity contribution < 1.29 is 4.79 Å². The summed E-state index contributed by atoms with van der Waals surface area (Å²) in [5, 5.41) is 0.669. The maximum Gasteiger partial charge on any atom is 0.129 e. The highest BCUT2D eigenvalue weighted by Gasteiger charge is 2.19. The van der Waals surface area contributed by atoms with E-state index in [-0.39, 0.29) is 11.8 Å². The SMILES string of the molecule is Cc1c(Cl)ccnc1C(C=O)C(C)C. The lowest BCUT2D eigenvalue weighted by molar-refractivity contribution is -0.109. The molecule has 14 heavy (non-hydrogen) atoms. The van der Waals surface area contributed by atoms with Crippen molar-refractivity contribution >= 4 is 17.9 Å². The molecule has 0 spiro atoms. The van der Waals surface area contributed by atoms with Gasteiger partial charge in [-0.3, -0.25) is 4.98 Å². The third-order valence-electron chi connectivity index (χ3n) is 2.36. The fraction of sp³-hybridized carbons (Fsp3) is 0.455. The summed E-state index contributed by atoms with van der Waals surface area (Å²) in [5.41, 5.74) is 1.70. The molecule has 0 saturated heterocycles. The summed E-state index contributed by atoms with van der Waals surface area (Å²) in [5.74, 6) is 0.0888. The number of carbonyl (C=O) groups excluding carboxylic acids is 1. The zero-order valence-electron chi connectivity index (χ0n) is 8.62. The maximum atomic E-state index is 10.9. The molecule has 1 aromatic heterocycles. The molecule has 0 aromatic carbocycles. The minimum absolute atomic E-state index is 0.159. The summed E-state index contributed by atoms with van der Waals surface area (Å²) in [6.07, 6.45) is 2.58. The predicted molar refractivity (Wildman–Crippen MR) is 57.6 cm³/mol. The number of pyridine rings is 1. The molecule has 1 rings (SSSR count). The van der Waals surface area contributed by atoms with Gasteiger partial charge in [0, 0.05) is 11.2 Å². The lowest BCUT2D eigenvalue weighted by Gasteiger charge is -2.16. The van der Waals surface area contributed by atoms with Gasteiger partial charge in [-0.2, -0.15) is 0 Å². The van der Waals surface area contributed by atoms with Gasteiger partial charge >= 0.3 is 0 Å². The van der Waals surface area contributed by atoms with Gasteiger partial charge in [-0.15, -0.1) is 0 Å². The van der Waals surface area contributed by atoms with Crippen LogP contribution in [0.5, 0.6) is 0 Å². The smallest absolute Gasteiger partial charge is 0.129 e. The van der Waals surface area contributed by atoms with E-state index in [0.717, 1.165) is 17.5 Å². The Labute approximate surface area is 89.3 Å². The molecule has 0 amide bonds. The Morgan fingerprint density at radius 1 is 1.50 bits per heavy atom. The average Bonchev–Trinajstić information content (AvgIpc) is 2.13. The number of hydrogen-bond acceptors (Lipinski definition) is 2. The first-order valence-corrected chi connectivity index (χ1v) is 5.02. The Hall–Kier alpha value is -0.890. The lowest BCUT2D eigenvalue weighted by atomic mass is 9.91. The fourth-order valence-corrected chi connectivity index (χ4v) is 1.55. The summed E-state index contributed by atoms with van der Waals surface area (Å²) in [4.78, 5) is 15.1. The Balaban J connectivity index is 3.16. The lowest BCUT2D eigenvalue weighted by Crippen LogP contribution is -2.11. The molecular formula is C11H14ClNO. The molecular weight excluding hydrogens is 198 g/mol. The van der Waals surface area contributed by atoms with Crippen LogP contribution >= 0.6 is 11.6 Å². The van der Waals surface area contributed by atoms with E-state index < -0.39 is 0 Å². The minimum atomic E-state index is -0.159. The standard InChI is InChI=1S/C11H14ClNO/c1-7(2)9(6-14)11-8(3)10(12)4-5-13-11/h4-7,9H,1-3H3. The Bertz CT molecular complexity index is 336. The number of nitrogens with zero attached hydrogens (tertiary/aromatic N) is 1.